The largest absolute Gasteiger partial charge is 0.432 e. The molecule has 1 aliphatic rings. The molecule has 66 valence electrons. The van der Waals surface area contributed by atoms with Gasteiger partial charge in [0.2, 0.25) is 0 Å². The van der Waals surface area contributed by atoms with E-state index in [1.165, 1.54) is 11.1 Å². The number of hydrogen-bond donors (Lipinski definition) is 0. The van der Waals surface area contributed by atoms with Crippen molar-refractivity contribution in [2.75, 3.05) is 0 Å². The van der Waals surface area contributed by atoms with Gasteiger partial charge in [0, 0.05) is 5.92 Å². The van der Waals surface area contributed by atoms with Crippen molar-refractivity contribution in [2.45, 2.75) is 20.3 Å². The van der Waals surface area contributed by atoms with Gasteiger partial charge in [-0.05, 0) is 26.3 Å². The lowest BCUT2D eigenvalue weighted by molar-refractivity contribution is 0.458. The second-order valence-electron chi connectivity index (χ2n) is 3.21. The highest BCUT2D eigenvalue weighted by molar-refractivity contribution is 14.1. The van der Waals surface area contributed by atoms with Crippen LogP contribution >= 0.6 is 23.0 Å². The Labute approximate surface area is 87.9 Å². The molecule has 0 radical (unpaired) electrons. The summed E-state index contributed by atoms with van der Waals surface area (Å²) in [6, 6.07) is 0. The quantitative estimate of drug-likeness (QED) is 0.551. The van der Waals surface area contributed by atoms with E-state index in [1.54, 1.807) is 0 Å². The maximum absolute atomic E-state index is 5.26. The van der Waals surface area contributed by atoms with Gasteiger partial charge < -0.3 is 3.07 Å². The van der Waals surface area contributed by atoms with Crippen molar-refractivity contribution in [3.63, 3.8) is 0 Å². The van der Waals surface area contributed by atoms with Gasteiger partial charge in [0.05, 0.1) is 0 Å². The molecule has 0 aromatic carbocycles. The molecule has 0 aromatic heterocycles. The molecular weight excluding hydrogens is 263 g/mol. The van der Waals surface area contributed by atoms with Gasteiger partial charge in [-0.25, -0.2) is 0 Å². The lowest BCUT2D eigenvalue weighted by Crippen LogP contribution is -2.08. The van der Waals surface area contributed by atoms with E-state index >= 15 is 0 Å². The van der Waals surface area contributed by atoms with Gasteiger partial charge >= 0.3 is 0 Å². The van der Waals surface area contributed by atoms with Gasteiger partial charge in [-0.3, -0.25) is 0 Å². The summed E-state index contributed by atoms with van der Waals surface area (Å²) in [5, 5.41) is 0. The van der Waals surface area contributed by atoms with E-state index in [0.29, 0.717) is 5.92 Å². The lowest BCUT2D eigenvalue weighted by Gasteiger charge is -2.20. The Morgan fingerprint density at radius 1 is 1.75 bits per heavy atom. The first-order valence-corrected chi connectivity index (χ1v) is 4.85. The fourth-order valence-electron chi connectivity index (χ4n) is 1.32. The zero-order valence-electron chi connectivity index (χ0n) is 7.43. The number of hydrogen-bond acceptors (Lipinski definition) is 1. The average molecular weight is 276 g/mol. The predicted octanol–water partition coefficient (Wildman–Crippen LogP) is 3.78. The van der Waals surface area contributed by atoms with Gasteiger partial charge in [0.1, 0.15) is 5.76 Å². The first kappa shape index (κ1) is 9.84. The number of allylic oxidation sites excluding steroid dienone is 4. The molecule has 1 nitrogen and oxygen atoms in total. The van der Waals surface area contributed by atoms with Crippen LogP contribution in [0.5, 0.6) is 0 Å². The lowest BCUT2D eigenvalue weighted by atomic mass is 9.90. The van der Waals surface area contributed by atoms with E-state index in [2.05, 4.69) is 25.7 Å². The monoisotopic (exact) mass is 276 g/mol. The molecule has 0 N–H and O–H groups in total. The Morgan fingerprint density at radius 3 is 2.92 bits per heavy atom. The number of halogens is 1. The van der Waals surface area contributed by atoms with E-state index in [-0.39, 0.29) is 0 Å². The molecule has 0 saturated carbocycles. The highest BCUT2D eigenvalue weighted by Crippen LogP contribution is 2.30. The standard InChI is InChI=1S/C10H13IO/c1-7(2)9-5-4-8(3)6-10(9)12-11/h4,6,9H,1,5H2,2-3H3. The van der Waals surface area contributed by atoms with Crippen molar-refractivity contribution < 1.29 is 3.07 Å². The fourth-order valence-corrected chi connectivity index (χ4v) is 1.76. The summed E-state index contributed by atoms with van der Waals surface area (Å²) in [7, 11) is 0. The minimum Gasteiger partial charge on any atom is -0.432 e. The first-order chi connectivity index (χ1) is 5.65. The number of rotatable bonds is 2. The van der Waals surface area contributed by atoms with Crippen LogP contribution < -0.4 is 0 Å². The van der Waals surface area contributed by atoms with Crippen LogP contribution in [0.2, 0.25) is 0 Å². The van der Waals surface area contributed by atoms with E-state index in [0.717, 1.165) is 12.2 Å². The minimum absolute atomic E-state index is 0.380. The molecular formula is C10H13IO. The molecule has 0 aliphatic heterocycles. The van der Waals surface area contributed by atoms with Crippen LogP contribution in [0.15, 0.2) is 35.6 Å². The maximum Gasteiger partial charge on any atom is 0.192 e. The van der Waals surface area contributed by atoms with Crippen LogP contribution in [0.3, 0.4) is 0 Å². The predicted molar refractivity (Wildman–Crippen MR) is 59.9 cm³/mol. The Balaban J connectivity index is 2.84. The molecule has 0 saturated heterocycles. The summed E-state index contributed by atoms with van der Waals surface area (Å²) >= 11 is 1.93. The molecule has 2 heteroatoms. The molecule has 1 aliphatic carbocycles. The van der Waals surface area contributed by atoms with Crippen LogP contribution in [0.1, 0.15) is 20.3 Å². The minimum atomic E-state index is 0.380. The third-order valence-corrected chi connectivity index (χ3v) is 2.58. The Bertz CT molecular complexity index is 251. The average Bonchev–Trinajstić information content (AvgIpc) is 2.03. The van der Waals surface area contributed by atoms with Crippen LogP contribution in [0.25, 0.3) is 0 Å². The summed E-state index contributed by atoms with van der Waals surface area (Å²) < 4.78 is 5.26. The first-order valence-electron chi connectivity index (χ1n) is 3.97. The molecule has 0 amide bonds. The third kappa shape index (κ3) is 2.12. The Morgan fingerprint density at radius 2 is 2.42 bits per heavy atom. The third-order valence-electron chi connectivity index (χ3n) is 2.07. The van der Waals surface area contributed by atoms with Crippen LogP contribution in [0, 0.1) is 5.92 Å². The molecule has 0 bridgehead atoms. The van der Waals surface area contributed by atoms with E-state index in [9.17, 15) is 0 Å². The topological polar surface area (TPSA) is 9.23 Å². The van der Waals surface area contributed by atoms with Gasteiger partial charge in [-0.1, -0.05) is 23.8 Å². The van der Waals surface area contributed by atoms with Crippen molar-refractivity contribution >= 4 is 23.0 Å². The SMILES string of the molecule is C=C(C)C1CC=C(C)C=C1OI. The van der Waals surface area contributed by atoms with Crippen LogP contribution in [-0.2, 0) is 3.07 Å². The van der Waals surface area contributed by atoms with E-state index in [4.69, 9.17) is 3.07 Å². The highest BCUT2D eigenvalue weighted by atomic mass is 127. The molecule has 0 spiro atoms. The van der Waals surface area contributed by atoms with E-state index in [1.807, 2.05) is 29.9 Å². The van der Waals surface area contributed by atoms with Gasteiger partial charge in [0.15, 0.2) is 23.0 Å². The molecule has 1 unspecified atom stereocenters. The van der Waals surface area contributed by atoms with Crippen molar-refractivity contribution in [2.24, 2.45) is 5.92 Å². The summed E-state index contributed by atoms with van der Waals surface area (Å²) in [4.78, 5) is 0. The molecule has 0 heterocycles. The zero-order chi connectivity index (χ0) is 9.14. The Kier molecular flexibility index (Phi) is 3.38. The molecule has 0 aromatic rings. The zero-order valence-corrected chi connectivity index (χ0v) is 9.59. The summed E-state index contributed by atoms with van der Waals surface area (Å²) in [6.07, 6.45) is 5.32. The molecule has 1 rings (SSSR count). The maximum atomic E-state index is 5.26. The summed E-state index contributed by atoms with van der Waals surface area (Å²) in [5.74, 6) is 1.41. The van der Waals surface area contributed by atoms with Crippen molar-refractivity contribution in [1.29, 1.82) is 0 Å². The van der Waals surface area contributed by atoms with Crippen molar-refractivity contribution in [3.05, 3.63) is 35.6 Å². The second-order valence-corrected chi connectivity index (χ2v) is 3.65. The summed E-state index contributed by atoms with van der Waals surface area (Å²) in [6.45, 7) is 8.08. The highest BCUT2D eigenvalue weighted by Gasteiger charge is 2.18. The molecule has 0 fully saturated rings. The molecule has 12 heavy (non-hydrogen) atoms. The molecule has 1 atom stereocenters. The van der Waals surface area contributed by atoms with Crippen molar-refractivity contribution in [3.8, 4) is 0 Å². The summed E-state index contributed by atoms with van der Waals surface area (Å²) in [5.41, 5.74) is 2.45. The van der Waals surface area contributed by atoms with E-state index < -0.39 is 0 Å². The van der Waals surface area contributed by atoms with Gasteiger partial charge in [0.25, 0.3) is 0 Å². The second kappa shape index (κ2) is 4.12. The van der Waals surface area contributed by atoms with Crippen molar-refractivity contribution in [1.82, 2.24) is 0 Å². The fraction of sp³-hybridized carbons (Fsp3) is 0.400. The Hall–Kier alpha value is -0.250. The smallest absolute Gasteiger partial charge is 0.192 e. The van der Waals surface area contributed by atoms with Gasteiger partial charge in [-0.15, -0.1) is 0 Å². The van der Waals surface area contributed by atoms with Gasteiger partial charge in [-0.2, -0.15) is 0 Å². The normalized spacial score (nSPS) is 22.8. The van der Waals surface area contributed by atoms with Crippen LogP contribution in [0.4, 0.5) is 0 Å². The van der Waals surface area contributed by atoms with Crippen LogP contribution in [-0.4, -0.2) is 0 Å².